The Labute approximate surface area is 202 Å². The summed E-state index contributed by atoms with van der Waals surface area (Å²) in [6.45, 7) is 13.7. The van der Waals surface area contributed by atoms with Gasteiger partial charge in [0.05, 0.1) is 0 Å². The lowest BCUT2D eigenvalue weighted by Gasteiger charge is -2.31. The molecule has 2 rings (SSSR count). The Morgan fingerprint density at radius 2 is 0.970 bits per heavy atom. The van der Waals surface area contributed by atoms with Gasteiger partial charge in [-0.3, -0.25) is 5.41 Å². The van der Waals surface area contributed by atoms with Gasteiger partial charge in [0.25, 0.3) is 0 Å². The molecule has 0 saturated heterocycles. The zero-order valence-corrected chi connectivity index (χ0v) is 22.3. The molecule has 3 heteroatoms. The molecule has 0 amide bonds. The van der Waals surface area contributed by atoms with E-state index in [1.165, 1.54) is 11.1 Å². The van der Waals surface area contributed by atoms with Gasteiger partial charge in [-0.05, 0) is 60.5 Å². The molecule has 0 aliphatic rings. The highest BCUT2D eigenvalue weighted by Crippen LogP contribution is 2.36. The molecule has 0 atom stereocenters. The minimum atomic E-state index is 0.227. The van der Waals surface area contributed by atoms with Gasteiger partial charge < -0.3 is 4.90 Å². The lowest BCUT2D eigenvalue weighted by Crippen LogP contribution is -2.26. The van der Waals surface area contributed by atoms with Crippen molar-refractivity contribution in [3.8, 4) is 0 Å². The Morgan fingerprint density at radius 3 is 1.27 bits per heavy atom. The third kappa shape index (κ3) is 5.57. The zero-order valence-electron chi connectivity index (χ0n) is 22.3. The van der Waals surface area contributed by atoms with E-state index >= 15 is 0 Å². The topological polar surface area (TPSA) is 39.5 Å². The van der Waals surface area contributed by atoms with E-state index in [0.29, 0.717) is 5.84 Å². The Kier molecular flexibility index (Phi) is 9.46. The molecule has 3 nitrogen and oxygen atoms in total. The number of rotatable bonds is 10. The predicted molar refractivity (Wildman–Crippen MR) is 145 cm³/mol. The molecular formula is C30H45N3. The second-order valence-electron chi connectivity index (χ2n) is 9.52. The minimum absolute atomic E-state index is 0.227. The largest absolute Gasteiger partial charge is 0.362 e. The van der Waals surface area contributed by atoms with Crippen LogP contribution in [0.4, 0.5) is 0 Å². The Hall–Kier alpha value is -2.42. The summed E-state index contributed by atoms with van der Waals surface area (Å²) >= 11 is 0. The van der Waals surface area contributed by atoms with Crippen LogP contribution in [0, 0.1) is 5.41 Å². The van der Waals surface area contributed by atoms with Crippen molar-refractivity contribution in [2.24, 2.45) is 4.99 Å². The summed E-state index contributed by atoms with van der Waals surface area (Å²) in [5, 5.41) is 8.68. The Balaban J connectivity index is 2.35. The molecule has 0 unspecified atom stereocenters. The van der Waals surface area contributed by atoms with Crippen LogP contribution in [0.5, 0.6) is 0 Å². The van der Waals surface area contributed by atoms with E-state index < -0.39 is 0 Å². The molecule has 0 radical (unpaired) electrons. The lowest BCUT2D eigenvalue weighted by atomic mass is 9.73. The molecule has 1 N–H and O–H groups in total. The number of hydrogen-bond acceptors (Lipinski definition) is 1. The first kappa shape index (κ1) is 26.8. The van der Waals surface area contributed by atoms with Crippen LogP contribution in [-0.4, -0.2) is 30.7 Å². The molecule has 0 saturated carbocycles. The van der Waals surface area contributed by atoms with Crippen LogP contribution in [0.1, 0.15) is 102 Å². The van der Waals surface area contributed by atoms with E-state index in [1.54, 1.807) is 0 Å². The van der Waals surface area contributed by atoms with Crippen molar-refractivity contribution in [2.45, 2.75) is 90.9 Å². The Morgan fingerprint density at radius 1 is 0.636 bits per heavy atom. The summed E-state index contributed by atoms with van der Waals surface area (Å²) < 4.78 is 0. The maximum atomic E-state index is 8.68. The minimum Gasteiger partial charge on any atom is -0.362 e. The molecule has 0 aromatic heterocycles. The first-order valence-corrected chi connectivity index (χ1v) is 12.8. The van der Waals surface area contributed by atoms with E-state index in [-0.39, 0.29) is 10.8 Å². The van der Waals surface area contributed by atoms with E-state index in [9.17, 15) is 0 Å². The highest BCUT2D eigenvalue weighted by atomic mass is 15.1. The second kappa shape index (κ2) is 11.6. The third-order valence-electron chi connectivity index (χ3n) is 8.23. The molecular weight excluding hydrogens is 402 g/mol. The average Bonchev–Trinajstić information content (AvgIpc) is 2.86. The van der Waals surface area contributed by atoms with Gasteiger partial charge in [-0.15, -0.1) is 0 Å². The number of nitrogens with one attached hydrogen (secondary N) is 1. The molecule has 2 aromatic rings. The summed E-state index contributed by atoms with van der Waals surface area (Å²) in [4.78, 5) is 6.75. The Bertz CT molecular complexity index is 895. The summed E-state index contributed by atoms with van der Waals surface area (Å²) in [6, 6.07) is 17.3. The van der Waals surface area contributed by atoms with Gasteiger partial charge in [0.2, 0.25) is 0 Å². The van der Waals surface area contributed by atoms with Crippen LogP contribution >= 0.6 is 0 Å². The highest BCUT2D eigenvalue weighted by Gasteiger charge is 2.27. The quantitative estimate of drug-likeness (QED) is 0.291. The van der Waals surface area contributed by atoms with Crippen LogP contribution in [0.3, 0.4) is 0 Å². The molecule has 0 heterocycles. The van der Waals surface area contributed by atoms with Gasteiger partial charge in [-0.2, -0.15) is 0 Å². The summed E-state index contributed by atoms with van der Waals surface area (Å²) in [6.07, 6.45) is 6.82. The highest BCUT2D eigenvalue weighted by molar-refractivity contribution is 6.10. The maximum absolute atomic E-state index is 8.68. The van der Waals surface area contributed by atoms with Crippen LogP contribution in [0.25, 0.3) is 0 Å². The second-order valence-corrected chi connectivity index (χ2v) is 9.52. The monoisotopic (exact) mass is 447 g/mol. The van der Waals surface area contributed by atoms with Crippen molar-refractivity contribution in [3.63, 3.8) is 0 Å². The van der Waals surface area contributed by atoms with E-state index in [4.69, 9.17) is 10.4 Å². The molecule has 0 bridgehead atoms. The number of aliphatic imine (C=N–C) groups is 1. The van der Waals surface area contributed by atoms with E-state index in [2.05, 4.69) is 90.1 Å². The lowest BCUT2D eigenvalue weighted by molar-refractivity contribution is 0.381. The SMILES string of the molecule is CCC(CC)(CC)c1ccc(C(=N)N=C(c2ccc(C(CC)(CC)CC)cc2)N(C)C)cc1. The fraction of sp³-hybridized carbons (Fsp3) is 0.533. The van der Waals surface area contributed by atoms with Crippen molar-refractivity contribution in [2.75, 3.05) is 14.1 Å². The van der Waals surface area contributed by atoms with Crippen molar-refractivity contribution < 1.29 is 0 Å². The molecule has 0 aliphatic carbocycles. The maximum Gasteiger partial charge on any atom is 0.154 e. The van der Waals surface area contributed by atoms with Crippen molar-refractivity contribution in [3.05, 3.63) is 70.8 Å². The van der Waals surface area contributed by atoms with Gasteiger partial charge >= 0.3 is 0 Å². The van der Waals surface area contributed by atoms with Gasteiger partial charge in [0.1, 0.15) is 5.84 Å². The first-order valence-electron chi connectivity index (χ1n) is 12.8. The van der Waals surface area contributed by atoms with Crippen LogP contribution in [-0.2, 0) is 10.8 Å². The molecule has 33 heavy (non-hydrogen) atoms. The van der Waals surface area contributed by atoms with Crippen molar-refractivity contribution in [1.82, 2.24) is 4.90 Å². The zero-order chi connectivity index (χ0) is 24.6. The number of hydrogen-bond donors (Lipinski definition) is 1. The molecule has 2 aromatic carbocycles. The summed E-state index contributed by atoms with van der Waals surface area (Å²) in [5.74, 6) is 1.12. The summed E-state index contributed by atoms with van der Waals surface area (Å²) in [7, 11) is 3.99. The average molecular weight is 448 g/mol. The fourth-order valence-electron chi connectivity index (χ4n) is 5.27. The normalized spacial score (nSPS) is 12.7. The van der Waals surface area contributed by atoms with Crippen LogP contribution < -0.4 is 0 Å². The van der Waals surface area contributed by atoms with E-state index in [0.717, 1.165) is 55.5 Å². The first-order chi connectivity index (χ1) is 15.8. The predicted octanol–water partition coefficient (Wildman–Crippen LogP) is 7.96. The van der Waals surface area contributed by atoms with Gasteiger partial charge in [-0.25, -0.2) is 4.99 Å². The standard InChI is InChI=1S/C30H45N3/c1-9-29(10-2,11-3)25-19-15-23(16-20-25)27(31)32-28(33(7)8)24-17-21-26(22-18-24)30(12-4,13-5)14-6/h15-22,31H,9-14H2,1-8H3. The van der Waals surface area contributed by atoms with Crippen LogP contribution in [0.2, 0.25) is 0 Å². The summed E-state index contributed by atoms with van der Waals surface area (Å²) in [5.41, 5.74) is 5.13. The van der Waals surface area contributed by atoms with Crippen molar-refractivity contribution >= 4 is 11.7 Å². The smallest absolute Gasteiger partial charge is 0.154 e. The molecule has 0 fully saturated rings. The van der Waals surface area contributed by atoms with E-state index in [1.807, 2.05) is 19.0 Å². The van der Waals surface area contributed by atoms with Gasteiger partial charge in [0.15, 0.2) is 5.84 Å². The number of nitrogens with zero attached hydrogens (tertiary/aromatic N) is 2. The molecule has 180 valence electrons. The van der Waals surface area contributed by atoms with Crippen molar-refractivity contribution in [1.29, 1.82) is 5.41 Å². The van der Waals surface area contributed by atoms with Gasteiger partial charge in [0, 0.05) is 25.2 Å². The third-order valence-corrected chi connectivity index (χ3v) is 8.23. The van der Waals surface area contributed by atoms with Gasteiger partial charge in [-0.1, -0.05) is 90.1 Å². The molecule has 0 aliphatic heterocycles. The van der Waals surface area contributed by atoms with Crippen LogP contribution in [0.15, 0.2) is 53.5 Å². The number of amidine groups is 2. The fourth-order valence-corrected chi connectivity index (χ4v) is 5.27. The number of benzene rings is 2. The molecule has 0 spiro atoms.